The van der Waals surface area contributed by atoms with E-state index in [1.54, 1.807) is 6.07 Å². The maximum absolute atomic E-state index is 12.4. The molecule has 1 heterocycles. The molecule has 0 spiro atoms. The summed E-state index contributed by atoms with van der Waals surface area (Å²) >= 11 is 4.97. The van der Waals surface area contributed by atoms with Gasteiger partial charge in [-0.15, -0.1) is 0 Å². The van der Waals surface area contributed by atoms with Gasteiger partial charge in [-0.05, 0) is 38.5 Å². The number of nitrogens with zero attached hydrogens (tertiary/aromatic N) is 1. The van der Waals surface area contributed by atoms with Crippen LogP contribution in [-0.4, -0.2) is 12.1 Å². The summed E-state index contributed by atoms with van der Waals surface area (Å²) in [4.78, 5) is 3.63. The van der Waals surface area contributed by atoms with Crippen molar-refractivity contribution in [1.29, 1.82) is 0 Å². The van der Waals surface area contributed by atoms with Crippen molar-refractivity contribution >= 4 is 38.5 Å². The van der Waals surface area contributed by atoms with Gasteiger partial charge in [-0.2, -0.15) is 0 Å². The van der Waals surface area contributed by atoms with Gasteiger partial charge in [0.05, 0.1) is 11.6 Å². The van der Waals surface area contributed by atoms with Gasteiger partial charge in [0, 0.05) is 9.64 Å². The number of alkyl halides is 2. The minimum Gasteiger partial charge on any atom is -0.481 e. The zero-order valence-corrected chi connectivity index (χ0v) is 10.3. The normalized spacial score (nSPS) is 10.6. The van der Waals surface area contributed by atoms with Crippen molar-refractivity contribution in [2.45, 2.75) is 6.43 Å². The van der Waals surface area contributed by atoms with E-state index in [-0.39, 0.29) is 11.6 Å². The fourth-order valence-corrected chi connectivity index (χ4v) is 1.66. The number of methoxy groups -OCH3 is 1. The van der Waals surface area contributed by atoms with Gasteiger partial charge >= 0.3 is 0 Å². The maximum atomic E-state index is 12.4. The topological polar surface area (TPSA) is 22.1 Å². The van der Waals surface area contributed by atoms with E-state index >= 15 is 0 Å². The van der Waals surface area contributed by atoms with Crippen LogP contribution in [0.1, 0.15) is 12.1 Å². The smallest absolute Gasteiger partial charge is 0.281 e. The van der Waals surface area contributed by atoms with Crippen LogP contribution < -0.4 is 4.74 Å². The second-order valence-corrected chi connectivity index (χ2v) is 4.10. The van der Waals surface area contributed by atoms with Gasteiger partial charge in [0.2, 0.25) is 5.88 Å². The van der Waals surface area contributed by atoms with Gasteiger partial charge in [0.15, 0.2) is 0 Å². The average Bonchev–Trinajstić information content (AvgIpc) is 2.09. The summed E-state index contributed by atoms with van der Waals surface area (Å²) in [5.41, 5.74) is -0.288. The highest BCUT2D eigenvalue weighted by Gasteiger charge is 2.17. The third-order valence-corrected chi connectivity index (χ3v) is 3.76. The van der Waals surface area contributed by atoms with E-state index in [0.29, 0.717) is 8.04 Å². The van der Waals surface area contributed by atoms with Gasteiger partial charge in [-0.3, -0.25) is 0 Å². The third-order valence-electron chi connectivity index (χ3n) is 1.33. The molecule has 13 heavy (non-hydrogen) atoms. The van der Waals surface area contributed by atoms with Crippen molar-refractivity contribution in [3.8, 4) is 5.88 Å². The van der Waals surface area contributed by atoms with E-state index < -0.39 is 6.43 Å². The monoisotopic (exact) mass is 363 g/mol. The van der Waals surface area contributed by atoms with Crippen LogP contribution in [0.15, 0.2) is 10.5 Å². The molecule has 0 saturated heterocycles. The lowest BCUT2D eigenvalue weighted by molar-refractivity contribution is 0.144. The predicted molar refractivity (Wildman–Crippen MR) is 56.2 cm³/mol. The summed E-state index contributed by atoms with van der Waals surface area (Å²) in [6.07, 6.45) is -2.60. The minimum atomic E-state index is -2.60. The number of pyridine rings is 1. The lowest BCUT2D eigenvalue weighted by Crippen LogP contribution is -1.97. The van der Waals surface area contributed by atoms with E-state index in [1.165, 1.54) is 7.11 Å². The van der Waals surface area contributed by atoms with E-state index in [0.717, 1.165) is 0 Å². The predicted octanol–water partition coefficient (Wildman–Crippen LogP) is 3.39. The highest BCUT2D eigenvalue weighted by atomic mass is 127. The van der Waals surface area contributed by atoms with Gasteiger partial charge in [-0.25, -0.2) is 13.8 Å². The zero-order valence-electron chi connectivity index (χ0n) is 6.52. The molecule has 0 aromatic carbocycles. The lowest BCUT2D eigenvalue weighted by atomic mass is 10.3. The first-order chi connectivity index (χ1) is 6.06. The van der Waals surface area contributed by atoms with Gasteiger partial charge in [0.1, 0.15) is 5.69 Å². The number of ether oxygens (including phenoxy) is 1. The molecule has 0 aliphatic carbocycles. The molecule has 0 aliphatic heterocycles. The molecule has 0 aliphatic rings. The molecule has 6 heteroatoms. The van der Waals surface area contributed by atoms with Crippen molar-refractivity contribution in [1.82, 2.24) is 4.98 Å². The third kappa shape index (κ3) is 2.49. The molecule has 0 N–H and O–H groups in total. The molecule has 1 rings (SSSR count). The summed E-state index contributed by atoms with van der Waals surface area (Å²) in [5, 5.41) is 0. The second kappa shape index (κ2) is 4.50. The zero-order chi connectivity index (χ0) is 10.0. The van der Waals surface area contributed by atoms with Crippen LogP contribution >= 0.6 is 38.5 Å². The van der Waals surface area contributed by atoms with Crippen molar-refractivity contribution in [3.05, 3.63) is 19.8 Å². The molecule has 0 amide bonds. The van der Waals surface area contributed by atoms with Gasteiger partial charge in [0.25, 0.3) is 6.43 Å². The molecule has 0 saturated carbocycles. The van der Waals surface area contributed by atoms with Crippen LogP contribution in [0.3, 0.4) is 0 Å². The number of hydrogen-bond donors (Lipinski definition) is 0. The molecular weight excluding hydrogens is 359 g/mol. The molecule has 0 bridgehead atoms. The second-order valence-electron chi connectivity index (χ2n) is 2.15. The Morgan fingerprint density at radius 3 is 2.69 bits per heavy atom. The van der Waals surface area contributed by atoms with Gasteiger partial charge in [-0.1, -0.05) is 0 Å². The van der Waals surface area contributed by atoms with Crippen LogP contribution in [0, 0.1) is 3.57 Å². The lowest BCUT2D eigenvalue weighted by Gasteiger charge is -2.06. The van der Waals surface area contributed by atoms with E-state index in [4.69, 9.17) is 4.74 Å². The Kier molecular flexibility index (Phi) is 3.84. The first-order valence-electron chi connectivity index (χ1n) is 3.24. The molecule has 1 aromatic heterocycles. The molecule has 0 fully saturated rings. The Balaban J connectivity index is 3.25. The summed E-state index contributed by atoms with van der Waals surface area (Å²) in [6, 6.07) is 1.58. The number of rotatable bonds is 2. The van der Waals surface area contributed by atoms with Crippen LogP contribution in [0.5, 0.6) is 5.88 Å². The highest BCUT2D eigenvalue weighted by molar-refractivity contribution is 14.1. The minimum absolute atomic E-state index is 0.197. The maximum Gasteiger partial charge on any atom is 0.281 e. The van der Waals surface area contributed by atoms with Crippen molar-refractivity contribution < 1.29 is 13.5 Å². The Bertz CT molecular complexity index is 322. The van der Waals surface area contributed by atoms with Crippen molar-refractivity contribution in [3.63, 3.8) is 0 Å². The fourth-order valence-electron chi connectivity index (χ4n) is 0.743. The number of halogens is 4. The molecule has 72 valence electrons. The summed E-state index contributed by atoms with van der Waals surface area (Å²) in [7, 11) is 1.39. The Labute approximate surface area is 96.0 Å². The standard InChI is InChI=1S/C7H5BrF2INO/c1-13-4-2-3(11)5(8)6(12-4)7(9)10/h2,7H,1H3. The Morgan fingerprint density at radius 2 is 2.23 bits per heavy atom. The molecule has 1 aromatic rings. The van der Waals surface area contributed by atoms with E-state index in [2.05, 4.69) is 20.9 Å². The quantitative estimate of drug-likeness (QED) is 0.751. The molecule has 0 radical (unpaired) electrons. The van der Waals surface area contributed by atoms with E-state index in [1.807, 2.05) is 22.6 Å². The fraction of sp³-hybridized carbons (Fsp3) is 0.286. The summed E-state index contributed by atoms with van der Waals surface area (Å²) < 4.78 is 30.5. The Morgan fingerprint density at radius 1 is 1.62 bits per heavy atom. The van der Waals surface area contributed by atoms with E-state index in [9.17, 15) is 8.78 Å². The van der Waals surface area contributed by atoms with Crippen LogP contribution in [0.4, 0.5) is 8.78 Å². The largest absolute Gasteiger partial charge is 0.481 e. The highest BCUT2D eigenvalue weighted by Crippen LogP contribution is 2.31. The van der Waals surface area contributed by atoms with Gasteiger partial charge < -0.3 is 4.74 Å². The molecule has 0 atom stereocenters. The van der Waals surface area contributed by atoms with Crippen LogP contribution in [-0.2, 0) is 0 Å². The summed E-state index contributed by atoms with van der Waals surface area (Å²) in [5.74, 6) is 0.197. The molecule has 0 unspecified atom stereocenters. The summed E-state index contributed by atoms with van der Waals surface area (Å²) in [6.45, 7) is 0. The van der Waals surface area contributed by atoms with Crippen LogP contribution in [0.2, 0.25) is 0 Å². The first-order valence-corrected chi connectivity index (χ1v) is 5.11. The molecule has 2 nitrogen and oxygen atoms in total. The van der Waals surface area contributed by atoms with Crippen molar-refractivity contribution in [2.24, 2.45) is 0 Å². The number of aromatic nitrogens is 1. The first kappa shape index (κ1) is 11.1. The average molecular weight is 364 g/mol. The molecular formula is C7H5BrF2INO. The van der Waals surface area contributed by atoms with Crippen LogP contribution in [0.25, 0.3) is 0 Å². The number of hydrogen-bond acceptors (Lipinski definition) is 2. The SMILES string of the molecule is COc1cc(I)c(Br)c(C(F)F)n1. The Hall–Kier alpha value is 0.0200. The van der Waals surface area contributed by atoms with Crippen molar-refractivity contribution in [2.75, 3.05) is 7.11 Å².